The number of nitrogen functional groups attached to an aromatic ring is 1. The summed E-state index contributed by atoms with van der Waals surface area (Å²) in [5.74, 6) is -1.30. The van der Waals surface area contributed by atoms with Crippen molar-refractivity contribution in [3.05, 3.63) is 54.1 Å². The van der Waals surface area contributed by atoms with E-state index in [4.69, 9.17) is 5.73 Å². The van der Waals surface area contributed by atoms with E-state index in [1.807, 2.05) is 0 Å². The molecule has 1 atom stereocenters. The summed E-state index contributed by atoms with van der Waals surface area (Å²) in [6.45, 7) is 3.29. The third-order valence-electron chi connectivity index (χ3n) is 5.58. The van der Waals surface area contributed by atoms with Crippen LogP contribution in [0.25, 0.3) is 5.52 Å². The number of nitrogens with zero attached hydrogens (tertiary/aromatic N) is 3. The second-order valence-electron chi connectivity index (χ2n) is 7.86. The molecule has 162 valence electrons. The van der Waals surface area contributed by atoms with Gasteiger partial charge in [0.15, 0.2) is 0 Å². The molecule has 1 aromatic carbocycles. The van der Waals surface area contributed by atoms with Gasteiger partial charge in [-0.05, 0) is 56.6 Å². The van der Waals surface area contributed by atoms with Gasteiger partial charge in [0.05, 0.1) is 29.5 Å². The van der Waals surface area contributed by atoms with Crippen LogP contribution in [-0.2, 0) is 4.79 Å². The molecule has 4 rings (SSSR count). The van der Waals surface area contributed by atoms with Gasteiger partial charge in [0.1, 0.15) is 5.82 Å². The standard InChI is InChI=1S/C22H25FN6O2/c1-14-4-2-3-8-28(14)13-21(30)26-16-5-6-18(23)19(11-16)27-22(31)17-12-25-29-9-7-15(24)10-20(17)29/h5-7,9-12,14H,2-4,8,13,24H2,1H3,(H,26,30)(H,27,31). The molecular weight excluding hydrogens is 399 g/mol. The van der Waals surface area contributed by atoms with Crippen molar-refractivity contribution in [2.75, 3.05) is 29.5 Å². The van der Waals surface area contributed by atoms with Crippen molar-refractivity contribution in [2.45, 2.75) is 32.2 Å². The first kappa shape index (κ1) is 20.8. The normalized spacial score (nSPS) is 16.9. The molecule has 0 spiro atoms. The summed E-state index contributed by atoms with van der Waals surface area (Å²) in [4.78, 5) is 27.3. The smallest absolute Gasteiger partial charge is 0.259 e. The number of likely N-dealkylation sites (tertiary alicyclic amines) is 1. The number of fused-ring (bicyclic) bond motifs is 1. The van der Waals surface area contributed by atoms with Gasteiger partial charge in [-0.1, -0.05) is 6.42 Å². The van der Waals surface area contributed by atoms with Crippen molar-refractivity contribution in [3.8, 4) is 0 Å². The monoisotopic (exact) mass is 424 g/mol. The lowest BCUT2D eigenvalue weighted by molar-refractivity contribution is -0.118. The summed E-state index contributed by atoms with van der Waals surface area (Å²) in [5.41, 5.74) is 7.44. The Balaban J connectivity index is 1.46. The van der Waals surface area contributed by atoms with Crippen LogP contribution in [0.15, 0.2) is 42.7 Å². The number of carbonyl (C=O) groups excluding carboxylic acids is 2. The number of aromatic nitrogens is 2. The van der Waals surface area contributed by atoms with E-state index in [0.29, 0.717) is 22.9 Å². The molecule has 3 heterocycles. The molecular formula is C22H25FN6O2. The number of hydrogen-bond acceptors (Lipinski definition) is 5. The number of piperidine rings is 1. The van der Waals surface area contributed by atoms with Crippen molar-refractivity contribution >= 4 is 34.4 Å². The van der Waals surface area contributed by atoms with Gasteiger partial charge >= 0.3 is 0 Å². The average Bonchev–Trinajstić information content (AvgIpc) is 3.15. The van der Waals surface area contributed by atoms with E-state index < -0.39 is 11.7 Å². The Kier molecular flexibility index (Phi) is 5.85. The minimum atomic E-state index is -0.605. The molecule has 8 nitrogen and oxygen atoms in total. The Bertz CT molecular complexity index is 1130. The predicted octanol–water partition coefficient (Wildman–Crippen LogP) is 3.12. The Morgan fingerprint density at radius 3 is 2.87 bits per heavy atom. The molecule has 1 aliphatic rings. The Morgan fingerprint density at radius 1 is 1.23 bits per heavy atom. The Labute approximate surface area is 179 Å². The van der Waals surface area contributed by atoms with Crippen LogP contribution in [0, 0.1) is 5.82 Å². The van der Waals surface area contributed by atoms with E-state index in [2.05, 4.69) is 27.6 Å². The van der Waals surface area contributed by atoms with Crippen LogP contribution in [0.2, 0.25) is 0 Å². The van der Waals surface area contributed by atoms with Gasteiger partial charge in [-0.25, -0.2) is 8.91 Å². The molecule has 0 saturated carbocycles. The fourth-order valence-electron chi connectivity index (χ4n) is 3.84. The van der Waals surface area contributed by atoms with Crippen LogP contribution in [0.5, 0.6) is 0 Å². The zero-order chi connectivity index (χ0) is 22.0. The second-order valence-corrected chi connectivity index (χ2v) is 7.86. The van der Waals surface area contributed by atoms with Crippen molar-refractivity contribution in [1.29, 1.82) is 0 Å². The first-order valence-corrected chi connectivity index (χ1v) is 10.3. The molecule has 9 heteroatoms. The molecule has 31 heavy (non-hydrogen) atoms. The maximum Gasteiger partial charge on any atom is 0.259 e. The minimum Gasteiger partial charge on any atom is -0.399 e. The number of amides is 2. The lowest BCUT2D eigenvalue weighted by Crippen LogP contribution is -2.42. The van der Waals surface area contributed by atoms with Gasteiger partial charge in [0, 0.05) is 23.6 Å². The molecule has 1 fully saturated rings. The lowest BCUT2D eigenvalue weighted by atomic mass is 10.0. The van der Waals surface area contributed by atoms with Gasteiger partial charge in [-0.3, -0.25) is 14.5 Å². The van der Waals surface area contributed by atoms with E-state index in [-0.39, 0.29) is 23.7 Å². The lowest BCUT2D eigenvalue weighted by Gasteiger charge is -2.32. The van der Waals surface area contributed by atoms with Crippen molar-refractivity contribution < 1.29 is 14.0 Å². The number of benzene rings is 1. The van der Waals surface area contributed by atoms with Gasteiger partial charge in [0.2, 0.25) is 5.91 Å². The number of halogens is 1. The van der Waals surface area contributed by atoms with Crippen LogP contribution in [0.1, 0.15) is 36.5 Å². The Hall–Kier alpha value is -3.46. The summed E-state index contributed by atoms with van der Waals surface area (Å²) >= 11 is 0. The quantitative estimate of drug-likeness (QED) is 0.584. The molecule has 2 aromatic heterocycles. The minimum absolute atomic E-state index is 0.0302. The summed E-state index contributed by atoms with van der Waals surface area (Å²) < 4.78 is 15.8. The summed E-state index contributed by atoms with van der Waals surface area (Å²) in [5, 5.41) is 9.46. The highest BCUT2D eigenvalue weighted by molar-refractivity contribution is 6.09. The van der Waals surface area contributed by atoms with E-state index in [9.17, 15) is 14.0 Å². The molecule has 4 N–H and O–H groups in total. The fourth-order valence-corrected chi connectivity index (χ4v) is 3.84. The number of hydrogen-bond donors (Lipinski definition) is 3. The topological polar surface area (TPSA) is 105 Å². The summed E-state index contributed by atoms with van der Waals surface area (Å²) in [6.07, 6.45) is 6.38. The summed E-state index contributed by atoms with van der Waals surface area (Å²) in [7, 11) is 0. The summed E-state index contributed by atoms with van der Waals surface area (Å²) in [6, 6.07) is 7.74. The van der Waals surface area contributed by atoms with Gasteiger partial charge < -0.3 is 16.4 Å². The third kappa shape index (κ3) is 4.66. The molecule has 1 saturated heterocycles. The molecule has 2 amide bonds. The zero-order valence-corrected chi connectivity index (χ0v) is 17.3. The van der Waals surface area contributed by atoms with Gasteiger partial charge in [0.25, 0.3) is 5.91 Å². The highest BCUT2D eigenvalue weighted by atomic mass is 19.1. The average molecular weight is 424 g/mol. The SMILES string of the molecule is CC1CCCCN1CC(=O)Nc1ccc(F)c(NC(=O)c2cnn3ccc(N)cc23)c1. The third-order valence-corrected chi connectivity index (χ3v) is 5.58. The number of anilines is 3. The number of carbonyl (C=O) groups is 2. The van der Waals surface area contributed by atoms with Gasteiger partial charge in [-0.2, -0.15) is 5.10 Å². The maximum absolute atomic E-state index is 14.3. The number of rotatable bonds is 5. The molecule has 0 bridgehead atoms. The molecule has 0 radical (unpaired) electrons. The van der Waals surface area contributed by atoms with Crippen LogP contribution in [0.3, 0.4) is 0 Å². The highest BCUT2D eigenvalue weighted by Gasteiger charge is 2.21. The Morgan fingerprint density at radius 2 is 2.06 bits per heavy atom. The number of nitrogens with two attached hydrogens (primary N) is 1. The van der Waals surface area contributed by atoms with Crippen LogP contribution >= 0.6 is 0 Å². The van der Waals surface area contributed by atoms with Crippen molar-refractivity contribution in [2.24, 2.45) is 0 Å². The molecule has 3 aromatic rings. The second kappa shape index (κ2) is 8.73. The number of pyridine rings is 1. The van der Waals surface area contributed by atoms with Crippen molar-refractivity contribution in [1.82, 2.24) is 14.5 Å². The van der Waals surface area contributed by atoms with Crippen LogP contribution in [-0.4, -0.2) is 45.5 Å². The molecule has 1 aliphatic heterocycles. The number of nitrogens with one attached hydrogen (secondary N) is 2. The predicted molar refractivity (Wildman–Crippen MR) is 117 cm³/mol. The zero-order valence-electron chi connectivity index (χ0n) is 17.3. The highest BCUT2D eigenvalue weighted by Crippen LogP contribution is 2.22. The maximum atomic E-state index is 14.3. The van der Waals surface area contributed by atoms with Crippen LogP contribution < -0.4 is 16.4 Å². The largest absolute Gasteiger partial charge is 0.399 e. The van der Waals surface area contributed by atoms with Gasteiger partial charge in [-0.15, -0.1) is 0 Å². The fraction of sp³-hybridized carbons (Fsp3) is 0.318. The van der Waals surface area contributed by atoms with Crippen LogP contribution in [0.4, 0.5) is 21.5 Å². The van der Waals surface area contributed by atoms with E-state index in [0.717, 1.165) is 19.4 Å². The van der Waals surface area contributed by atoms with E-state index in [1.54, 1.807) is 18.3 Å². The van der Waals surface area contributed by atoms with Crippen molar-refractivity contribution in [3.63, 3.8) is 0 Å². The first-order valence-electron chi connectivity index (χ1n) is 10.3. The molecule has 0 aliphatic carbocycles. The molecule has 1 unspecified atom stereocenters. The van der Waals surface area contributed by atoms with E-state index in [1.165, 1.54) is 35.3 Å². The first-order chi connectivity index (χ1) is 14.9. The van der Waals surface area contributed by atoms with E-state index >= 15 is 0 Å².